The van der Waals surface area contributed by atoms with Crippen LogP contribution < -0.4 is 5.32 Å². The molecule has 1 unspecified atom stereocenters. The molecule has 0 aliphatic rings. The van der Waals surface area contributed by atoms with Gasteiger partial charge in [0.2, 0.25) is 0 Å². The van der Waals surface area contributed by atoms with Crippen LogP contribution in [0.1, 0.15) is 30.8 Å². The van der Waals surface area contributed by atoms with Gasteiger partial charge in [0.1, 0.15) is 0 Å². The van der Waals surface area contributed by atoms with Crippen molar-refractivity contribution in [2.75, 3.05) is 7.05 Å². The van der Waals surface area contributed by atoms with E-state index in [2.05, 4.69) is 29.4 Å². The van der Waals surface area contributed by atoms with Gasteiger partial charge in [-0.25, -0.2) is 0 Å². The molecule has 66 valence electrons. The van der Waals surface area contributed by atoms with Gasteiger partial charge in [-0.3, -0.25) is 4.98 Å². The summed E-state index contributed by atoms with van der Waals surface area (Å²) in [6.07, 6.45) is 1.08. The molecule has 0 radical (unpaired) electrons. The molecule has 0 saturated heterocycles. The number of hydrogen-bond donors (Lipinski definition) is 1. The summed E-state index contributed by atoms with van der Waals surface area (Å²) in [5.41, 5.74) is 2.22. The van der Waals surface area contributed by atoms with Crippen molar-refractivity contribution < 1.29 is 0 Å². The Hall–Kier alpha value is -0.890. The fraction of sp³-hybridized carbons (Fsp3) is 0.500. The lowest BCUT2D eigenvalue weighted by Crippen LogP contribution is -2.16. The minimum absolute atomic E-state index is 0.393. The standard InChI is InChI=1S/C10H16N2/c1-4-9(11-3)10-7-5-6-8(2)12-10/h5-7,9,11H,4H2,1-3H3. The highest BCUT2D eigenvalue weighted by molar-refractivity contribution is 5.13. The maximum Gasteiger partial charge on any atom is 0.0576 e. The van der Waals surface area contributed by atoms with E-state index in [1.807, 2.05) is 20.0 Å². The van der Waals surface area contributed by atoms with E-state index in [1.54, 1.807) is 0 Å². The molecule has 1 heterocycles. The first-order valence-electron chi connectivity index (χ1n) is 4.38. The van der Waals surface area contributed by atoms with Crippen molar-refractivity contribution in [2.24, 2.45) is 0 Å². The van der Waals surface area contributed by atoms with E-state index in [9.17, 15) is 0 Å². The van der Waals surface area contributed by atoms with Gasteiger partial charge in [0.25, 0.3) is 0 Å². The first-order valence-corrected chi connectivity index (χ1v) is 4.38. The maximum absolute atomic E-state index is 4.45. The fourth-order valence-corrected chi connectivity index (χ4v) is 1.32. The molecule has 0 aromatic carbocycles. The minimum Gasteiger partial charge on any atom is -0.312 e. The van der Waals surface area contributed by atoms with Gasteiger partial charge in [0.15, 0.2) is 0 Å². The Balaban J connectivity index is 2.85. The second-order valence-corrected chi connectivity index (χ2v) is 2.95. The summed E-state index contributed by atoms with van der Waals surface area (Å²) >= 11 is 0. The molecule has 0 saturated carbocycles. The van der Waals surface area contributed by atoms with Crippen LogP contribution in [-0.2, 0) is 0 Å². The monoisotopic (exact) mass is 164 g/mol. The van der Waals surface area contributed by atoms with Crippen molar-refractivity contribution in [2.45, 2.75) is 26.3 Å². The van der Waals surface area contributed by atoms with Crippen molar-refractivity contribution in [3.8, 4) is 0 Å². The molecule has 1 aromatic rings. The number of nitrogens with zero attached hydrogens (tertiary/aromatic N) is 1. The normalized spacial score (nSPS) is 12.9. The summed E-state index contributed by atoms with van der Waals surface area (Å²) in [4.78, 5) is 4.45. The summed E-state index contributed by atoms with van der Waals surface area (Å²) in [5.74, 6) is 0. The van der Waals surface area contributed by atoms with Crippen molar-refractivity contribution in [3.05, 3.63) is 29.6 Å². The predicted octanol–water partition coefficient (Wildman–Crippen LogP) is 2.06. The first-order chi connectivity index (χ1) is 5.77. The maximum atomic E-state index is 4.45. The number of aromatic nitrogens is 1. The van der Waals surface area contributed by atoms with Crippen LogP contribution in [0.25, 0.3) is 0 Å². The lowest BCUT2D eigenvalue weighted by atomic mass is 10.1. The third-order valence-corrected chi connectivity index (χ3v) is 2.02. The van der Waals surface area contributed by atoms with Crippen LogP contribution in [0.3, 0.4) is 0 Å². The molecule has 2 nitrogen and oxygen atoms in total. The zero-order chi connectivity index (χ0) is 8.97. The average molecular weight is 164 g/mol. The van der Waals surface area contributed by atoms with Gasteiger partial charge < -0.3 is 5.32 Å². The van der Waals surface area contributed by atoms with Gasteiger partial charge in [-0.2, -0.15) is 0 Å². The quantitative estimate of drug-likeness (QED) is 0.739. The van der Waals surface area contributed by atoms with Crippen molar-refractivity contribution >= 4 is 0 Å². The Kier molecular flexibility index (Phi) is 3.23. The highest BCUT2D eigenvalue weighted by Crippen LogP contribution is 2.12. The Labute approximate surface area is 74.0 Å². The molecule has 0 spiro atoms. The Bertz CT molecular complexity index is 241. The van der Waals surface area contributed by atoms with Gasteiger partial charge in [-0.1, -0.05) is 13.0 Å². The topological polar surface area (TPSA) is 24.9 Å². The Morgan fingerprint density at radius 2 is 2.25 bits per heavy atom. The van der Waals surface area contributed by atoms with E-state index >= 15 is 0 Å². The molecule has 0 amide bonds. The lowest BCUT2D eigenvalue weighted by Gasteiger charge is -2.12. The molecule has 0 fully saturated rings. The van der Waals surface area contributed by atoms with E-state index in [4.69, 9.17) is 0 Å². The first kappa shape index (κ1) is 9.20. The molecule has 0 aliphatic heterocycles. The highest BCUT2D eigenvalue weighted by atomic mass is 14.9. The second-order valence-electron chi connectivity index (χ2n) is 2.95. The zero-order valence-electron chi connectivity index (χ0n) is 7.96. The third-order valence-electron chi connectivity index (χ3n) is 2.02. The minimum atomic E-state index is 0.393. The van der Waals surface area contributed by atoms with Crippen LogP contribution in [0.5, 0.6) is 0 Å². The number of pyridine rings is 1. The lowest BCUT2D eigenvalue weighted by molar-refractivity contribution is 0.560. The van der Waals surface area contributed by atoms with Crippen LogP contribution in [-0.4, -0.2) is 12.0 Å². The second kappa shape index (κ2) is 4.21. The third kappa shape index (κ3) is 2.05. The molecule has 0 aliphatic carbocycles. The van der Waals surface area contributed by atoms with E-state index < -0.39 is 0 Å². The molecule has 12 heavy (non-hydrogen) atoms. The number of hydrogen-bond acceptors (Lipinski definition) is 2. The molecule has 0 bridgehead atoms. The predicted molar refractivity (Wildman–Crippen MR) is 51.1 cm³/mol. The summed E-state index contributed by atoms with van der Waals surface area (Å²) in [7, 11) is 1.97. The summed E-state index contributed by atoms with van der Waals surface area (Å²) in [6.45, 7) is 4.18. The number of aryl methyl sites for hydroxylation is 1. The van der Waals surface area contributed by atoms with Crippen molar-refractivity contribution in [1.29, 1.82) is 0 Å². The van der Waals surface area contributed by atoms with E-state index in [1.165, 1.54) is 0 Å². The molecule has 1 aromatic heterocycles. The molecular formula is C10H16N2. The molecule has 1 N–H and O–H groups in total. The summed E-state index contributed by atoms with van der Waals surface area (Å²) < 4.78 is 0. The molecule has 1 atom stereocenters. The van der Waals surface area contributed by atoms with Gasteiger partial charge >= 0.3 is 0 Å². The molecular weight excluding hydrogens is 148 g/mol. The van der Waals surface area contributed by atoms with Gasteiger partial charge in [0, 0.05) is 11.7 Å². The van der Waals surface area contributed by atoms with Crippen LogP contribution in [0.4, 0.5) is 0 Å². The summed E-state index contributed by atoms with van der Waals surface area (Å²) in [6, 6.07) is 6.53. The van der Waals surface area contributed by atoms with Crippen LogP contribution in [0.2, 0.25) is 0 Å². The van der Waals surface area contributed by atoms with Crippen LogP contribution >= 0.6 is 0 Å². The van der Waals surface area contributed by atoms with Gasteiger partial charge in [0.05, 0.1) is 5.69 Å². The fourth-order valence-electron chi connectivity index (χ4n) is 1.32. The van der Waals surface area contributed by atoms with E-state index in [-0.39, 0.29) is 0 Å². The number of nitrogens with one attached hydrogen (secondary N) is 1. The smallest absolute Gasteiger partial charge is 0.0576 e. The van der Waals surface area contributed by atoms with Gasteiger partial charge in [-0.15, -0.1) is 0 Å². The molecule has 1 rings (SSSR count). The Morgan fingerprint density at radius 1 is 1.50 bits per heavy atom. The molecule has 2 heteroatoms. The largest absolute Gasteiger partial charge is 0.312 e. The van der Waals surface area contributed by atoms with Crippen molar-refractivity contribution in [3.63, 3.8) is 0 Å². The zero-order valence-corrected chi connectivity index (χ0v) is 7.96. The Morgan fingerprint density at radius 3 is 2.75 bits per heavy atom. The average Bonchev–Trinajstić information content (AvgIpc) is 2.07. The summed E-state index contributed by atoms with van der Waals surface area (Å²) in [5, 5.41) is 3.23. The van der Waals surface area contributed by atoms with Crippen LogP contribution in [0.15, 0.2) is 18.2 Å². The highest BCUT2D eigenvalue weighted by Gasteiger charge is 2.06. The van der Waals surface area contributed by atoms with Crippen molar-refractivity contribution in [1.82, 2.24) is 10.3 Å². The van der Waals surface area contributed by atoms with Crippen LogP contribution in [0, 0.1) is 6.92 Å². The van der Waals surface area contributed by atoms with E-state index in [0.29, 0.717) is 6.04 Å². The van der Waals surface area contributed by atoms with Gasteiger partial charge in [-0.05, 0) is 32.5 Å². The SMILES string of the molecule is CCC(NC)c1cccc(C)n1. The van der Waals surface area contributed by atoms with E-state index in [0.717, 1.165) is 17.8 Å². The number of rotatable bonds is 3.